The van der Waals surface area contributed by atoms with Crippen molar-refractivity contribution < 1.29 is 14.7 Å². The lowest BCUT2D eigenvalue weighted by Gasteiger charge is -2.10. The average Bonchev–Trinajstić information content (AvgIpc) is 3.28. The highest BCUT2D eigenvalue weighted by Crippen LogP contribution is 2.32. The number of aromatic nitrogens is 3. The predicted octanol–water partition coefficient (Wildman–Crippen LogP) is 4.08. The van der Waals surface area contributed by atoms with Crippen LogP contribution in [0.25, 0.3) is 17.5 Å². The van der Waals surface area contributed by atoms with Gasteiger partial charge in [0.25, 0.3) is 5.91 Å². The largest absolute Gasteiger partial charge is 0.480 e. The number of carbonyl (C=O) groups excluding carboxylic acids is 1. The molecule has 2 N–H and O–H groups in total. The molecule has 4 rings (SSSR count). The second-order valence-electron chi connectivity index (χ2n) is 7.10. The summed E-state index contributed by atoms with van der Waals surface area (Å²) >= 11 is 11.5. The number of hydrogen-bond donors (Lipinski definition) is 2. The molecular weight excluding hydrogens is 478 g/mol. The monoisotopic (exact) mass is 495 g/mol. The summed E-state index contributed by atoms with van der Waals surface area (Å²) in [5.41, 5.74) is 3.64. The molecule has 3 aromatic rings. The number of thioether (sulfide) groups is 1. The molecule has 33 heavy (non-hydrogen) atoms. The van der Waals surface area contributed by atoms with Crippen LogP contribution in [-0.4, -0.2) is 53.8 Å². The Morgan fingerprint density at radius 2 is 1.82 bits per heavy atom. The normalized spacial score (nSPS) is 15.2. The zero-order valence-electron chi connectivity index (χ0n) is 17.3. The number of nitrogens with zero attached hydrogens (tertiary/aromatic N) is 4. The van der Waals surface area contributed by atoms with Crippen molar-refractivity contribution in [3.63, 3.8) is 0 Å². The summed E-state index contributed by atoms with van der Waals surface area (Å²) < 4.78 is 2.17. The van der Waals surface area contributed by atoms with Gasteiger partial charge in [0.1, 0.15) is 10.9 Å². The number of amides is 1. The van der Waals surface area contributed by atoms with E-state index < -0.39 is 18.4 Å². The molecule has 2 aromatic carbocycles. The molecule has 2 heterocycles. The number of thiocarbonyl (C=S) groups is 1. The first-order chi connectivity index (χ1) is 15.8. The Balaban J connectivity index is 1.52. The Morgan fingerprint density at radius 3 is 2.48 bits per heavy atom. The maximum Gasteiger partial charge on any atom is 0.323 e. The Kier molecular flexibility index (Phi) is 6.63. The highest BCUT2D eigenvalue weighted by molar-refractivity contribution is 8.26. The van der Waals surface area contributed by atoms with E-state index in [2.05, 4.69) is 15.3 Å². The molecule has 1 aromatic heterocycles. The van der Waals surface area contributed by atoms with Crippen LogP contribution in [0, 0.1) is 11.7 Å². The zero-order valence-corrected chi connectivity index (χ0v) is 19.7. The summed E-state index contributed by atoms with van der Waals surface area (Å²) in [6.45, 7) is 1.57. The van der Waals surface area contributed by atoms with Crippen LogP contribution in [0.2, 0.25) is 0 Å². The highest BCUT2D eigenvalue weighted by Gasteiger charge is 2.33. The molecule has 166 valence electrons. The SMILES string of the molecule is Cc1ccc(-c2n[nH]c(=S)n2/N=C/c2ccc(/C=C3\SC(=S)N(CC(=O)O)C3=O)cc2)cc1. The van der Waals surface area contributed by atoms with Gasteiger partial charge < -0.3 is 5.11 Å². The van der Waals surface area contributed by atoms with E-state index in [1.807, 2.05) is 55.5 Å². The average molecular weight is 496 g/mol. The quantitative estimate of drug-likeness (QED) is 0.302. The van der Waals surface area contributed by atoms with Crippen molar-refractivity contribution in [3.05, 3.63) is 74.9 Å². The van der Waals surface area contributed by atoms with Crippen molar-refractivity contribution in [3.8, 4) is 11.4 Å². The van der Waals surface area contributed by atoms with Gasteiger partial charge in [-0.3, -0.25) is 14.5 Å². The number of carbonyl (C=O) groups is 2. The molecule has 0 unspecified atom stereocenters. The van der Waals surface area contributed by atoms with Gasteiger partial charge in [0.15, 0.2) is 5.82 Å². The van der Waals surface area contributed by atoms with Gasteiger partial charge in [-0.2, -0.15) is 14.9 Å². The molecule has 1 saturated heterocycles. The third kappa shape index (κ3) is 5.16. The predicted molar refractivity (Wildman–Crippen MR) is 135 cm³/mol. The summed E-state index contributed by atoms with van der Waals surface area (Å²) in [4.78, 5) is 24.8. The van der Waals surface area contributed by atoms with Crippen LogP contribution in [-0.2, 0) is 9.59 Å². The van der Waals surface area contributed by atoms with Crippen LogP contribution in [0.3, 0.4) is 0 Å². The lowest BCUT2D eigenvalue weighted by atomic mass is 10.1. The molecule has 0 aliphatic carbocycles. The van der Waals surface area contributed by atoms with Crippen molar-refractivity contribution in [2.24, 2.45) is 5.10 Å². The number of benzene rings is 2. The van der Waals surface area contributed by atoms with Crippen molar-refractivity contribution in [2.75, 3.05) is 6.54 Å². The molecule has 0 radical (unpaired) electrons. The van der Waals surface area contributed by atoms with E-state index in [4.69, 9.17) is 29.5 Å². The molecule has 1 amide bonds. The number of nitrogens with one attached hydrogen (secondary N) is 1. The number of rotatable bonds is 6. The number of aliphatic carboxylic acids is 1. The third-order valence-corrected chi connectivity index (χ3v) is 6.33. The molecule has 0 atom stereocenters. The number of aromatic amines is 1. The smallest absolute Gasteiger partial charge is 0.323 e. The second kappa shape index (κ2) is 9.61. The van der Waals surface area contributed by atoms with Gasteiger partial charge in [0.2, 0.25) is 4.77 Å². The van der Waals surface area contributed by atoms with Gasteiger partial charge in [-0.15, -0.1) is 0 Å². The molecule has 11 heteroatoms. The highest BCUT2D eigenvalue weighted by atomic mass is 32.2. The van der Waals surface area contributed by atoms with Crippen molar-refractivity contribution in [1.82, 2.24) is 19.8 Å². The fraction of sp³-hybridized carbons (Fsp3) is 0.0909. The van der Waals surface area contributed by atoms with E-state index in [0.717, 1.165) is 38.9 Å². The molecule has 1 aliphatic heterocycles. The Labute approximate surface area is 203 Å². The van der Waals surface area contributed by atoms with Gasteiger partial charge >= 0.3 is 5.97 Å². The number of hydrogen-bond acceptors (Lipinski definition) is 7. The molecule has 0 bridgehead atoms. The fourth-order valence-corrected chi connectivity index (χ4v) is 4.45. The minimum Gasteiger partial charge on any atom is -0.480 e. The molecule has 1 fully saturated rings. The van der Waals surface area contributed by atoms with Crippen LogP contribution >= 0.6 is 36.2 Å². The first kappa shape index (κ1) is 22.8. The number of carboxylic acid groups (broad SMARTS) is 1. The summed E-state index contributed by atoms with van der Waals surface area (Å²) in [5, 5.41) is 20.4. The fourth-order valence-electron chi connectivity index (χ4n) is 3.01. The second-order valence-corrected chi connectivity index (χ2v) is 9.17. The molecule has 8 nitrogen and oxygen atoms in total. The van der Waals surface area contributed by atoms with Crippen molar-refractivity contribution in [2.45, 2.75) is 6.92 Å². The Bertz CT molecular complexity index is 1360. The molecule has 1 aliphatic rings. The lowest BCUT2D eigenvalue weighted by Crippen LogP contribution is -2.33. The van der Waals surface area contributed by atoms with Gasteiger partial charge in [-0.05, 0) is 36.3 Å². The Hall–Kier alpha value is -3.41. The Morgan fingerprint density at radius 1 is 1.15 bits per heavy atom. The summed E-state index contributed by atoms with van der Waals surface area (Å²) in [7, 11) is 0. The molecule has 0 spiro atoms. The van der Waals surface area contributed by atoms with E-state index in [9.17, 15) is 9.59 Å². The maximum atomic E-state index is 12.4. The summed E-state index contributed by atoms with van der Waals surface area (Å²) in [5.74, 6) is -0.910. The van der Waals surface area contributed by atoms with Crippen molar-refractivity contribution >= 4 is 64.7 Å². The van der Waals surface area contributed by atoms with E-state index >= 15 is 0 Å². The van der Waals surface area contributed by atoms with Crippen LogP contribution in [0.4, 0.5) is 0 Å². The van der Waals surface area contributed by atoms with Gasteiger partial charge in [-0.1, -0.05) is 78.1 Å². The molecule has 0 saturated carbocycles. The minimum atomic E-state index is -1.11. The lowest BCUT2D eigenvalue weighted by molar-refractivity contribution is -0.140. The van der Waals surface area contributed by atoms with E-state index in [1.165, 1.54) is 0 Å². The van der Waals surface area contributed by atoms with E-state index in [-0.39, 0.29) is 4.32 Å². The van der Waals surface area contributed by atoms with Crippen molar-refractivity contribution in [1.29, 1.82) is 0 Å². The van der Waals surface area contributed by atoms with Crippen LogP contribution in [0.5, 0.6) is 0 Å². The molecular formula is C22H17N5O3S3. The summed E-state index contributed by atoms with van der Waals surface area (Å²) in [6.07, 6.45) is 3.35. The van der Waals surface area contributed by atoms with Crippen LogP contribution in [0.1, 0.15) is 16.7 Å². The number of aryl methyl sites for hydroxylation is 1. The first-order valence-corrected chi connectivity index (χ1v) is 11.3. The topological polar surface area (TPSA) is 104 Å². The third-order valence-electron chi connectivity index (χ3n) is 4.68. The zero-order chi connectivity index (χ0) is 23.5. The van der Waals surface area contributed by atoms with Gasteiger partial charge in [0.05, 0.1) is 11.1 Å². The minimum absolute atomic E-state index is 0.235. The maximum absolute atomic E-state index is 12.4. The van der Waals surface area contributed by atoms with E-state index in [1.54, 1.807) is 17.0 Å². The standard InChI is InChI=1S/C22H17N5O3S3/c1-13-2-8-16(9-3-13)19-24-25-21(31)27(19)23-11-15-6-4-14(5-7-15)10-17-20(30)26(12-18(28)29)22(32)33-17/h2-11H,12H2,1H3,(H,25,31)(H,28,29)/b17-10-,23-11+. The summed E-state index contributed by atoms with van der Waals surface area (Å²) in [6, 6.07) is 15.3. The van der Waals surface area contributed by atoms with Gasteiger partial charge in [0, 0.05) is 5.56 Å². The first-order valence-electron chi connectivity index (χ1n) is 9.68. The van der Waals surface area contributed by atoms with Gasteiger partial charge in [-0.25, -0.2) is 5.10 Å². The number of carboxylic acids is 1. The van der Waals surface area contributed by atoms with E-state index in [0.29, 0.717) is 15.5 Å². The van der Waals surface area contributed by atoms with Crippen LogP contribution in [0.15, 0.2) is 58.5 Å². The number of H-pyrrole nitrogens is 1. The van der Waals surface area contributed by atoms with Crippen LogP contribution < -0.4 is 0 Å².